The van der Waals surface area contributed by atoms with Crippen LogP contribution in [0.3, 0.4) is 0 Å². The van der Waals surface area contributed by atoms with Gasteiger partial charge in [0.2, 0.25) is 5.95 Å². The molecule has 2 aromatic rings. The quantitative estimate of drug-likeness (QED) is 0.656. The number of aliphatic hydroxyl groups excluding tert-OH is 1. The van der Waals surface area contributed by atoms with Crippen LogP contribution in [0.5, 0.6) is 0 Å². The molecule has 0 amide bonds. The zero-order chi connectivity index (χ0) is 23.0. The Morgan fingerprint density at radius 2 is 1.88 bits per heavy atom. The Morgan fingerprint density at radius 1 is 1.18 bits per heavy atom. The van der Waals surface area contributed by atoms with Crippen molar-refractivity contribution in [2.75, 3.05) is 35.7 Å². The van der Waals surface area contributed by atoms with E-state index in [0.717, 1.165) is 25.7 Å². The summed E-state index contributed by atoms with van der Waals surface area (Å²) >= 11 is 6.04. The van der Waals surface area contributed by atoms with Crippen LogP contribution in [-0.4, -0.2) is 50.3 Å². The number of hydrogen-bond donors (Lipinski definition) is 2. The summed E-state index contributed by atoms with van der Waals surface area (Å²) in [5, 5.41) is 13.8. The zero-order valence-corrected chi connectivity index (χ0v) is 19.5. The third-order valence-electron chi connectivity index (χ3n) is 7.81. The van der Waals surface area contributed by atoms with Gasteiger partial charge >= 0.3 is 5.92 Å². The van der Waals surface area contributed by atoms with Gasteiger partial charge in [-0.3, -0.25) is 4.21 Å². The molecular formula is C23H25ClF2N4O2S. The molecule has 3 aliphatic heterocycles. The molecule has 1 aromatic heterocycles. The lowest BCUT2D eigenvalue weighted by atomic mass is 9.59. The lowest BCUT2D eigenvalue weighted by Gasteiger charge is -2.54. The Balaban J connectivity index is 1.32. The fourth-order valence-corrected chi connectivity index (χ4v) is 7.35. The number of anilines is 2. The van der Waals surface area contributed by atoms with E-state index < -0.39 is 33.7 Å². The van der Waals surface area contributed by atoms with Crippen molar-refractivity contribution in [3.8, 4) is 0 Å². The third kappa shape index (κ3) is 3.46. The first-order valence-corrected chi connectivity index (χ1v) is 13.1. The van der Waals surface area contributed by atoms with E-state index in [4.69, 9.17) is 11.6 Å². The second kappa shape index (κ2) is 7.58. The van der Waals surface area contributed by atoms with E-state index in [1.807, 2.05) is 17.0 Å². The van der Waals surface area contributed by atoms with Crippen LogP contribution in [0.1, 0.15) is 42.9 Å². The van der Waals surface area contributed by atoms with Crippen LogP contribution in [0.2, 0.25) is 5.02 Å². The Bertz CT molecular complexity index is 1110. The van der Waals surface area contributed by atoms with Crippen molar-refractivity contribution in [2.45, 2.75) is 48.0 Å². The van der Waals surface area contributed by atoms with Gasteiger partial charge in [-0.2, -0.15) is 13.8 Å². The highest BCUT2D eigenvalue weighted by Crippen LogP contribution is 2.53. The molecule has 33 heavy (non-hydrogen) atoms. The van der Waals surface area contributed by atoms with Crippen molar-refractivity contribution in [3.63, 3.8) is 0 Å². The fraction of sp³-hybridized carbons (Fsp3) is 0.565. The molecular weight excluding hydrogens is 470 g/mol. The highest BCUT2D eigenvalue weighted by molar-refractivity contribution is 7.85. The lowest BCUT2D eigenvalue weighted by molar-refractivity contribution is 0.0190. The highest BCUT2D eigenvalue weighted by Gasteiger charge is 2.51. The minimum atomic E-state index is -3.26. The summed E-state index contributed by atoms with van der Waals surface area (Å²) in [5.74, 6) is -2.38. The van der Waals surface area contributed by atoms with Crippen molar-refractivity contribution in [1.82, 2.24) is 9.97 Å². The summed E-state index contributed by atoms with van der Waals surface area (Å²) in [7, 11) is -1.89. The molecule has 2 saturated carbocycles. The van der Waals surface area contributed by atoms with Gasteiger partial charge < -0.3 is 15.3 Å². The summed E-state index contributed by atoms with van der Waals surface area (Å²) in [6.45, 7) is 1.24. The smallest absolute Gasteiger partial charge is 0.302 e. The van der Waals surface area contributed by atoms with Gasteiger partial charge in [0.15, 0.2) is 0 Å². The fourth-order valence-electron chi connectivity index (χ4n) is 5.89. The number of aliphatic hydroxyl groups is 1. The molecule has 3 atom stereocenters. The Kier molecular flexibility index (Phi) is 4.98. The monoisotopic (exact) mass is 494 g/mol. The Labute approximate surface area is 198 Å². The summed E-state index contributed by atoms with van der Waals surface area (Å²) in [6, 6.07) is 7.95. The van der Waals surface area contributed by atoms with Gasteiger partial charge in [0.1, 0.15) is 16.4 Å². The number of alkyl halides is 2. The van der Waals surface area contributed by atoms with E-state index >= 15 is 0 Å². The molecule has 4 heterocycles. The second-order valence-corrected chi connectivity index (χ2v) is 11.7. The summed E-state index contributed by atoms with van der Waals surface area (Å²) in [4.78, 5) is 10.8. The van der Waals surface area contributed by atoms with Gasteiger partial charge in [-0.15, -0.1) is 0 Å². The third-order valence-corrected chi connectivity index (χ3v) is 9.52. The molecule has 2 saturated heterocycles. The second-order valence-electron chi connectivity index (χ2n) is 9.90. The molecule has 2 unspecified atom stereocenters. The molecule has 6 nitrogen and oxygen atoms in total. The molecule has 176 valence electrons. The number of nitrogens with one attached hydrogen (secondary N) is 1. The average molecular weight is 495 g/mol. The van der Waals surface area contributed by atoms with Gasteiger partial charge in [0.25, 0.3) is 0 Å². The van der Waals surface area contributed by atoms with Crippen LogP contribution in [0.15, 0.2) is 29.2 Å². The van der Waals surface area contributed by atoms with E-state index in [2.05, 4.69) is 27.4 Å². The van der Waals surface area contributed by atoms with Crippen LogP contribution in [0, 0.1) is 11.8 Å². The van der Waals surface area contributed by atoms with E-state index in [1.165, 1.54) is 5.56 Å². The van der Waals surface area contributed by atoms with Crippen molar-refractivity contribution < 1.29 is 18.1 Å². The number of fused-ring (bicyclic) bond motifs is 3. The van der Waals surface area contributed by atoms with Crippen molar-refractivity contribution >= 4 is 34.2 Å². The number of nitrogens with zero attached hydrogens (tertiary/aromatic N) is 3. The van der Waals surface area contributed by atoms with Gasteiger partial charge in [0.05, 0.1) is 28.7 Å². The van der Waals surface area contributed by atoms with Crippen molar-refractivity contribution in [1.29, 1.82) is 0 Å². The number of benzene rings is 1. The molecule has 2 aliphatic carbocycles. The van der Waals surface area contributed by atoms with Crippen LogP contribution in [-0.2, 0) is 16.7 Å². The van der Waals surface area contributed by atoms with E-state index in [-0.39, 0.29) is 23.3 Å². The molecule has 1 aromatic carbocycles. The maximum atomic E-state index is 14.7. The number of piperidine rings is 2. The van der Waals surface area contributed by atoms with E-state index in [9.17, 15) is 18.1 Å². The first-order chi connectivity index (χ1) is 15.8. The molecule has 0 spiro atoms. The molecule has 2 N–H and O–H groups in total. The number of aromatic nitrogens is 2. The Hall–Kier alpha value is -1.84. The van der Waals surface area contributed by atoms with Gasteiger partial charge in [-0.1, -0.05) is 23.7 Å². The Morgan fingerprint density at radius 3 is 2.48 bits per heavy atom. The SMILES string of the molecule is O=[S@@]1CC(F)(F)c2nc(N3CC4CC(C3)C4c3ccc(Cl)cc3)nc(NC3(CO)CCC3)c21. The maximum Gasteiger partial charge on any atom is 0.302 e. The maximum absolute atomic E-state index is 14.7. The first-order valence-electron chi connectivity index (χ1n) is 11.4. The largest absolute Gasteiger partial charge is 0.394 e. The van der Waals surface area contributed by atoms with Crippen LogP contribution in [0.4, 0.5) is 20.5 Å². The lowest BCUT2D eigenvalue weighted by Crippen LogP contribution is -2.54. The number of rotatable bonds is 5. The predicted octanol–water partition coefficient (Wildman–Crippen LogP) is 3.91. The van der Waals surface area contributed by atoms with Crippen molar-refractivity contribution in [3.05, 3.63) is 40.5 Å². The van der Waals surface area contributed by atoms with Gasteiger partial charge in [0, 0.05) is 18.1 Å². The average Bonchev–Trinajstić information content (AvgIpc) is 3.00. The van der Waals surface area contributed by atoms with E-state index in [1.54, 1.807) is 0 Å². The summed E-state index contributed by atoms with van der Waals surface area (Å²) < 4.78 is 42.1. The summed E-state index contributed by atoms with van der Waals surface area (Å²) in [6.07, 6.45) is 3.47. The normalized spacial score (nSPS) is 30.8. The molecule has 4 fully saturated rings. The standard InChI is InChI=1S/C23H25ClF2N4O2S/c24-16-4-2-13(3-5-16)17-14-8-15(17)10-30(9-14)21-27-19-18(33(32)12-23(19,25)26)20(28-21)29-22(11-31)6-1-7-22/h2-5,14-15,17,31H,1,6-12H2,(H,27,28,29)/t14?,15?,17?,33-/m1/s1. The molecule has 2 bridgehead atoms. The van der Waals surface area contributed by atoms with Gasteiger partial charge in [-0.25, -0.2) is 4.98 Å². The number of halogens is 3. The zero-order valence-electron chi connectivity index (χ0n) is 17.9. The van der Waals surface area contributed by atoms with Gasteiger partial charge in [-0.05, 0) is 61.1 Å². The van der Waals surface area contributed by atoms with Crippen LogP contribution in [0.25, 0.3) is 0 Å². The molecule has 5 aliphatic rings. The van der Waals surface area contributed by atoms with Crippen molar-refractivity contribution in [2.24, 2.45) is 11.8 Å². The topological polar surface area (TPSA) is 78.4 Å². The minimum absolute atomic E-state index is 0.00955. The minimum Gasteiger partial charge on any atom is -0.394 e. The van der Waals surface area contributed by atoms with Crippen LogP contribution < -0.4 is 10.2 Å². The summed E-state index contributed by atoms with van der Waals surface area (Å²) in [5.41, 5.74) is 0.231. The molecule has 10 heteroatoms. The molecule has 7 rings (SSSR count). The first kappa shape index (κ1) is 21.7. The predicted molar refractivity (Wildman–Crippen MR) is 122 cm³/mol. The molecule has 0 radical (unpaired) electrons. The highest BCUT2D eigenvalue weighted by atomic mass is 35.5. The van der Waals surface area contributed by atoms with Crippen LogP contribution >= 0.6 is 11.6 Å². The van der Waals surface area contributed by atoms with E-state index in [0.29, 0.717) is 35.9 Å². The number of hydrogen-bond acceptors (Lipinski definition) is 6.